The molecule has 1 N–H and O–H groups in total. The zero-order valence-electron chi connectivity index (χ0n) is 12.0. The number of aliphatic hydroxyl groups is 1. The first kappa shape index (κ1) is 16.2. The van der Waals surface area contributed by atoms with Crippen molar-refractivity contribution in [3.05, 3.63) is 0 Å². The third-order valence-electron chi connectivity index (χ3n) is 3.56. The highest BCUT2D eigenvalue weighted by Gasteiger charge is 2.18. The maximum absolute atomic E-state index is 10.1. The second-order valence-corrected chi connectivity index (χ2v) is 6.12. The smallest absolute Gasteiger partial charge is 0.0793 e. The fourth-order valence-electron chi connectivity index (χ4n) is 2.16. The molecule has 0 spiro atoms. The molecule has 0 aliphatic carbocycles. The highest BCUT2D eigenvalue weighted by atomic mass is 32.2. The Hall–Kier alpha value is 0.190. The standard InChI is InChI=1S/C13H28N2O2S/c1-12(4-9-18-3)14(2)10-13(16)11-15-5-7-17-8-6-15/h12-13,16H,4-11H2,1-3H3. The van der Waals surface area contributed by atoms with Crippen molar-refractivity contribution in [2.45, 2.75) is 25.5 Å². The highest BCUT2D eigenvalue weighted by molar-refractivity contribution is 7.98. The van der Waals surface area contributed by atoms with Crippen LogP contribution in [0.15, 0.2) is 0 Å². The monoisotopic (exact) mass is 276 g/mol. The number of hydrogen-bond acceptors (Lipinski definition) is 5. The fraction of sp³-hybridized carbons (Fsp3) is 1.00. The van der Waals surface area contributed by atoms with Gasteiger partial charge in [-0.1, -0.05) is 0 Å². The molecule has 0 amide bonds. The van der Waals surface area contributed by atoms with Crippen LogP contribution in [0.3, 0.4) is 0 Å². The predicted molar refractivity (Wildman–Crippen MR) is 78.4 cm³/mol. The Morgan fingerprint density at radius 3 is 2.67 bits per heavy atom. The van der Waals surface area contributed by atoms with Crippen LogP contribution in [0.2, 0.25) is 0 Å². The molecular weight excluding hydrogens is 248 g/mol. The van der Waals surface area contributed by atoms with Crippen LogP contribution in [0.4, 0.5) is 0 Å². The molecule has 5 heteroatoms. The van der Waals surface area contributed by atoms with E-state index < -0.39 is 0 Å². The van der Waals surface area contributed by atoms with Crippen molar-refractivity contribution in [1.29, 1.82) is 0 Å². The molecule has 0 aromatic carbocycles. The molecule has 1 rings (SSSR count). The second-order valence-electron chi connectivity index (χ2n) is 5.14. The van der Waals surface area contributed by atoms with E-state index in [-0.39, 0.29) is 6.10 Å². The number of likely N-dealkylation sites (N-methyl/N-ethyl adjacent to an activating group) is 1. The van der Waals surface area contributed by atoms with Crippen molar-refractivity contribution < 1.29 is 9.84 Å². The Morgan fingerprint density at radius 2 is 2.06 bits per heavy atom. The lowest BCUT2D eigenvalue weighted by atomic mass is 10.2. The van der Waals surface area contributed by atoms with E-state index in [4.69, 9.17) is 4.74 Å². The first-order valence-corrected chi connectivity index (χ1v) is 8.20. The van der Waals surface area contributed by atoms with Gasteiger partial charge in [-0.3, -0.25) is 4.90 Å². The van der Waals surface area contributed by atoms with Crippen LogP contribution in [-0.2, 0) is 4.74 Å². The Labute approximate surface area is 116 Å². The first-order valence-electron chi connectivity index (χ1n) is 6.80. The van der Waals surface area contributed by atoms with Crippen LogP contribution in [0, 0.1) is 0 Å². The van der Waals surface area contributed by atoms with Crippen molar-refractivity contribution in [3.8, 4) is 0 Å². The van der Waals surface area contributed by atoms with Gasteiger partial charge in [0.1, 0.15) is 0 Å². The Bertz CT molecular complexity index is 213. The van der Waals surface area contributed by atoms with E-state index in [1.807, 2.05) is 11.8 Å². The van der Waals surface area contributed by atoms with Gasteiger partial charge in [-0.15, -0.1) is 0 Å². The molecule has 18 heavy (non-hydrogen) atoms. The largest absolute Gasteiger partial charge is 0.390 e. The number of morpholine rings is 1. The summed E-state index contributed by atoms with van der Waals surface area (Å²) in [5, 5.41) is 10.1. The van der Waals surface area contributed by atoms with Crippen molar-refractivity contribution in [1.82, 2.24) is 9.80 Å². The van der Waals surface area contributed by atoms with E-state index in [1.165, 1.54) is 12.2 Å². The number of aliphatic hydroxyl groups excluding tert-OH is 1. The van der Waals surface area contributed by atoms with Crippen LogP contribution < -0.4 is 0 Å². The van der Waals surface area contributed by atoms with Gasteiger partial charge in [0, 0.05) is 32.2 Å². The van der Waals surface area contributed by atoms with Gasteiger partial charge in [-0.25, -0.2) is 0 Å². The van der Waals surface area contributed by atoms with Gasteiger partial charge in [0.05, 0.1) is 19.3 Å². The lowest BCUT2D eigenvalue weighted by Gasteiger charge is -2.31. The number of β-amino-alcohol motifs (C(OH)–C–C–N with tert-alkyl or cyclic N) is 1. The summed E-state index contributed by atoms with van der Waals surface area (Å²) in [5.41, 5.74) is 0. The van der Waals surface area contributed by atoms with Crippen LogP contribution in [0.5, 0.6) is 0 Å². The third-order valence-corrected chi connectivity index (χ3v) is 4.21. The minimum absolute atomic E-state index is 0.259. The molecule has 0 saturated carbocycles. The van der Waals surface area contributed by atoms with E-state index in [9.17, 15) is 5.11 Å². The number of thioether (sulfide) groups is 1. The quantitative estimate of drug-likeness (QED) is 0.708. The third kappa shape index (κ3) is 6.38. The van der Waals surface area contributed by atoms with Gasteiger partial charge < -0.3 is 14.7 Å². The SMILES string of the molecule is CSCCC(C)N(C)CC(O)CN1CCOCC1. The summed E-state index contributed by atoms with van der Waals surface area (Å²) >= 11 is 1.88. The molecule has 2 atom stereocenters. The van der Waals surface area contributed by atoms with Gasteiger partial charge in [-0.05, 0) is 32.4 Å². The van der Waals surface area contributed by atoms with Gasteiger partial charge in [0.25, 0.3) is 0 Å². The van der Waals surface area contributed by atoms with Crippen LogP contribution in [0.25, 0.3) is 0 Å². The first-order chi connectivity index (χ1) is 8.63. The van der Waals surface area contributed by atoms with Gasteiger partial charge in [-0.2, -0.15) is 11.8 Å². The van der Waals surface area contributed by atoms with E-state index in [0.717, 1.165) is 39.4 Å². The summed E-state index contributed by atoms with van der Waals surface area (Å²) < 4.78 is 5.31. The minimum Gasteiger partial charge on any atom is -0.390 e. The molecule has 4 nitrogen and oxygen atoms in total. The molecule has 1 heterocycles. The fourth-order valence-corrected chi connectivity index (χ4v) is 2.74. The number of hydrogen-bond donors (Lipinski definition) is 1. The molecular formula is C13H28N2O2S. The summed E-state index contributed by atoms with van der Waals surface area (Å²) in [7, 11) is 2.10. The Kier molecular flexibility index (Phi) is 8.26. The topological polar surface area (TPSA) is 35.9 Å². The van der Waals surface area contributed by atoms with Gasteiger partial charge in [0.15, 0.2) is 0 Å². The number of ether oxygens (including phenoxy) is 1. The molecule has 1 saturated heterocycles. The molecule has 1 fully saturated rings. The van der Waals surface area contributed by atoms with E-state index in [0.29, 0.717) is 6.04 Å². The van der Waals surface area contributed by atoms with E-state index in [1.54, 1.807) is 0 Å². The second kappa shape index (κ2) is 9.15. The van der Waals surface area contributed by atoms with Crippen molar-refractivity contribution in [2.24, 2.45) is 0 Å². The predicted octanol–water partition coefficient (Wildman–Crippen LogP) is 0.753. The molecule has 0 aromatic heterocycles. The molecule has 0 radical (unpaired) electrons. The lowest BCUT2D eigenvalue weighted by Crippen LogP contribution is -2.45. The zero-order chi connectivity index (χ0) is 13.4. The van der Waals surface area contributed by atoms with E-state index >= 15 is 0 Å². The lowest BCUT2D eigenvalue weighted by molar-refractivity contribution is 0.00626. The van der Waals surface area contributed by atoms with Gasteiger partial charge in [0.2, 0.25) is 0 Å². The zero-order valence-corrected chi connectivity index (χ0v) is 12.8. The number of rotatable bonds is 8. The maximum atomic E-state index is 10.1. The summed E-state index contributed by atoms with van der Waals surface area (Å²) in [4.78, 5) is 4.55. The molecule has 2 unspecified atom stereocenters. The molecule has 108 valence electrons. The van der Waals surface area contributed by atoms with Crippen molar-refractivity contribution >= 4 is 11.8 Å². The highest BCUT2D eigenvalue weighted by Crippen LogP contribution is 2.07. The molecule has 1 aliphatic heterocycles. The summed E-state index contributed by atoms with van der Waals surface area (Å²) in [6.45, 7) is 7.25. The number of nitrogens with zero attached hydrogens (tertiary/aromatic N) is 2. The van der Waals surface area contributed by atoms with Crippen LogP contribution in [-0.4, -0.2) is 85.5 Å². The van der Waals surface area contributed by atoms with E-state index in [2.05, 4.69) is 30.0 Å². The van der Waals surface area contributed by atoms with Crippen LogP contribution in [0.1, 0.15) is 13.3 Å². The maximum Gasteiger partial charge on any atom is 0.0793 e. The Morgan fingerprint density at radius 1 is 1.39 bits per heavy atom. The normalized spacial score (nSPS) is 21.2. The van der Waals surface area contributed by atoms with Crippen LogP contribution >= 0.6 is 11.8 Å². The summed E-state index contributed by atoms with van der Waals surface area (Å²) in [5.74, 6) is 1.19. The van der Waals surface area contributed by atoms with Crippen molar-refractivity contribution in [2.75, 3.05) is 58.4 Å². The molecule has 0 bridgehead atoms. The minimum atomic E-state index is -0.259. The van der Waals surface area contributed by atoms with Gasteiger partial charge >= 0.3 is 0 Å². The average Bonchev–Trinajstić information content (AvgIpc) is 2.36. The molecule has 1 aliphatic rings. The summed E-state index contributed by atoms with van der Waals surface area (Å²) in [6, 6.07) is 0.539. The Balaban J connectivity index is 2.18. The summed E-state index contributed by atoms with van der Waals surface area (Å²) in [6.07, 6.45) is 3.06. The van der Waals surface area contributed by atoms with Crippen molar-refractivity contribution in [3.63, 3.8) is 0 Å². The molecule has 0 aromatic rings. The average molecular weight is 276 g/mol.